The first-order valence-electron chi connectivity index (χ1n) is 40.0. The van der Waals surface area contributed by atoms with Gasteiger partial charge in [0, 0.05) is 64.3 Å². The van der Waals surface area contributed by atoms with Gasteiger partial charge < -0.3 is 59.9 Å². The molecule has 3 aromatic carbocycles. The highest BCUT2D eigenvalue weighted by Crippen LogP contribution is 2.51. The SMILES string of the molecule is CC(C)(C)OC(=O)n1ncc2nc(NC(=O)[C@H]3C[C@@H](F)CN3)ccc21.COc1ccc(C2(C(=O)N3C[C@H](F)C[C@@H]3C(=O)Nc3ccc4[nH]ncc4n3)CCC(F)(F)CC2)cc1.COc1ccc(C2(C(=O)N3C[C@H](F)C[C@@H]3C(=O)Nc3ccc4c(cnn4C(=O)OC(C)(C)C)n3)CCC(F)(F)CC2)cc1.COc1ccc(C2(C(=O)O)CCC(F)(F)CC2)cc1. The van der Waals surface area contributed by atoms with Crippen LogP contribution in [-0.2, 0) is 54.5 Å². The Morgan fingerprint density at radius 3 is 1.14 bits per heavy atom. The quantitative estimate of drug-likeness (QED) is 0.0519. The van der Waals surface area contributed by atoms with Crippen LogP contribution in [0.2, 0.25) is 0 Å². The number of amides is 5. The van der Waals surface area contributed by atoms with Crippen molar-refractivity contribution in [1.82, 2.24) is 59.8 Å². The van der Waals surface area contributed by atoms with Gasteiger partial charge in [0.15, 0.2) is 0 Å². The fourth-order valence-corrected chi connectivity index (χ4v) is 16.1. The average molecular weight is 1720 g/mol. The minimum atomic E-state index is -2.91. The van der Waals surface area contributed by atoms with Crippen molar-refractivity contribution in [2.24, 2.45) is 0 Å². The number of ether oxygens (including phenoxy) is 5. The van der Waals surface area contributed by atoms with E-state index in [0.29, 0.717) is 72.9 Å². The van der Waals surface area contributed by atoms with Gasteiger partial charge in [-0.1, -0.05) is 36.4 Å². The monoisotopic (exact) mass is 1720 g/mol. The Morgan fingerprint density at radius 1 is 0.439 bits per heavy atom. The molecule has 9 heterocycles. The normalized spacial score (nSPS) is 21.6. The number of carbonyl (C=O) groups is 8. The molecule has 3 aliphatic heterocycles. The van der Waals surface area contributed by atoms with Crippen LogP contribution in [0, 0.1) is 0 Å². The second kappa shape index (κ2) is 36.2. The number of halogens is 9. The molecule has 3 aliphatic carbocycles. The lowest BCUT2D eigenvalue weighted by molar-refractivity contribution is -0.149. The molecule has 15 rings (SSSR count). The zero-order valence-electron chi connectivity index (χ0n) is 68.9. The first-order valence-corrected chi connectivity index (χ1v) is 40.0. The number of anilines is 3. The number of hydrogen-bond donors (Lipinski definition) is 6. The van der Waals surface area contributed by atoms with Crippen LogP contribution in [0.4, 0.5) is 66.6 Å². The first kappa shape index (κ1) is 90.2. The first-order chi connectivity index (χ1) is 58.0. The number of aromatic nitrogens is 9. The molecule has 0 radical (unpaired) electrons. The van der Waals surface area contributed by atoms with Crippen LogP contribution in [0.5, 0.6) is 17.2 Å². The number of nitrogens with one attached hydrogen (secondary N) is 5. The molecule has 0 unspecified atom stereocenters. The van der Waals surface area contributed by atoms with Gasteiger partial charge >= 0.3 is 18.2 Å². The Balaban J connectivity index is 0.000000156. The van der Waals surface area contributed by atoms with Gasteiger partial charge in [0.05, 0.1) is 91.8 Å². The molecule has 3 saturated carbocycles. The van der Waals surface area contributed by atoms with E-state index in [2.05, 4.69) is 56.6 Å². The highest BCUT2D eigenvalue weighted by Gasteiger charge is 2.56. The van der Waals surface area contributed by atoms with E-state index in [1.54, 1.807) is 139 Å². The van der Waals surface area contributed by atoms with Gasteiger partial charge in [-0.3, -0.25) is 33.9 Å². The maximum Gasteiger partial charge on any atom is 0.435 e. The Morgan fingerprint density at radius 2 is 0.789 bits per heavy atom. The Labute approximate surface area is 700 Å². The fourth-order valence-electron chi connectivity index (χ4n) is 16.1. The molecule has 9 aromatic rings. The van der Waals surface area contributed by atoms with E-state index in [1.807, 2.05) is 0 Å². The molecule has 0 bridgehead atoms. The minimum absolute atomic E-state index is 0.0400. The molecule has 6 fully saturated rings. The molecule has 6 atom stereocenters. The second-order valence-electron chi connectivity index (χ2n) is 33.5. The summed E-state index contributed by atoms with van der Waals surface area (Å²) in [6, 6.07) is 26.5. The molecule has 6 N–H and O–H groups in total. The predicted octanol–water partition coefficient (Wildman–Crippen LogP) is 14.3. The summed E-state index contributed by atoms with van der Waals surface area (Å²) in [5.41, 5.74) is -0.791. The number of nitrogens with zero attached hydrogens (tertiary/aromatic N) is 10. The summed E-state index contributed by atoms with van der Waals surface area (Å²) in [4.78, 5) is 118. The molecular formula is C85H96F9N15O14. The highest BCUT2D eigenvalue weighted by molar-refractivity contribution is 6.02. The molecular weight excluding hydrogens is 1630 g/mol. The summed E-state index contributed by atoms with van der Waals surface area (Å²) in [6.07, 6.45) is -4.51. The van der Waals surface area contributed by atoms with Crippen LogP contribution < -0.4 is 35.5 Å². The number of pyridine rings is 3. The van der Waals surface area contributed by atoms with Crippen molar-refractivity contribution in [3.63, 3.8) is 0 Å². The van der Waals surface area contributed by atoms with Crippen LogP contribution in [0.1, 0.15) is 155 Å². The van der Waals surface area contributed by atoms with Crippen molar-refractivity contribution >= 4 is 98.2 Å². The van der Waals surface area contributed by atoms with Crippen LogP contribution in [0.3, 0.4) is 0 Å². The smallest absolute Gasteiger partial charge is 0.435 e. The van der Waals surface area contributed by atoms with Gasteiger partial charge in [-0.25, -0.2) is 64.1 Å². The number of H-pyrrole nitrogens is 1. The summed E-state index contributed by atoms with van der Waals surface area (Å²) >= 11 is 0. The number of carboxylic acids is 1. The third-order valence-corrected chi connectivity index (χ3v) is 22.7. The molecule has 123 heavy (non-hydrogen) atoms. The lowest BCUT2D eigenvalue weighted by atomic mass is 9.67. The lowest BCUT2D eigenvalue weighted by Crippen LogP contribution is -2.54. The van der Waals surface area contributed by atoms with Crippen molar-refractivity contribution < 1.29 is 107 Å². The topological polar surface area (TPSA) is 361 Å². The number of rotatable bonds is 15. The lowest BCUT2D eigenvalue weighted by Gasteiger charge is -2.42. The standard InChI is InChI=1S/C30H34F3N5O5.C25H26F3N5O3.C16H20FN5O3.C14H16F2O3/c1-28(2,3)43-27(41)38-22-9-10-24(35-21(22)16-34-38)36-25(39)23-15-19(31)17-37(23)26(40)29(11-13-30(32,33)14-12-29)18-5-7-20(42-4)8-6-18;1-36-17-4-2-15(3-5-17)24(8-10-25(27,28)11-9-24)23(35)33-14-16(26)12-20(33)22(34)31-21-7-6-18-19(30-21)13-29-32-18;1-16(2,3)25-15(24)22-12-4-5-13(20-11(12)8-19-22)21-14(23)10-6-9(17)7-18-10;1-19-11-4-2-10(3-5-11)13(12(17)18)6-8-14(15,16)9-7-13/h5-10,16,19,23H,11-15,17H2,1-4H3,(H,35,36,39);2-7,13,16,20H,8-12,14H2,1H3,(H,29,32)(H,30,31,34);4-5,8-10,18H,6-7H2,1-3H3,(H,20,21,23);2-5H,6-9H2,1H3,(H,17,18)/t19-,23-;16-,20-;9-,10-;/m111./s1. The molecule has 38 heteroatoms. The van der Waals surface area contributed by atoms with Crippen molar-refractivity contribution in [2.75, 3.05) is 56.9 Å². The van der Waals surface area contributed by atoms with E-state index >= 15 is 0 Å². The van der Waals surface area contributed by atoms with Gasteiger partial charge in [0.25, 0.3) is 0 Å². The molecule has 3 saturated heterocycles. The predicted molar refractivity (Wildman–Crippen MR) is 431 cm³/mol. The summed E-state index contributed by atoms with van der Waals surface area (Å²) < 4.78 is 154. The zero-order chi connectivity index (χ0) is 88.9. The van der Waals surface area contributed by atoms with Crippen LogP contribution in [0.15, 0.2) is 128 Å². The fraction of sp³-hybridized carbons (Fsp3) is 0.482. The largest absolute Gasteiger partial charge is 0.497 e. The summed E-state index contributed by atoms with van der Waals surface area (Å²) in [6.45, 7) is 10.0. The number of fused-ring (bicyclic) bond motifs is 3. The Kier molecular flexibility index (Phi) is 26.6. The number of carboxylic acid groups (broad SMARTS) is 1. The molecule has 6 aliphatic rings. The Hall–Kier alpha value is -12.0. The molecule has 0 spiro atoms. The molecule has 5 amide bonds. The highest BCUT2D eigenvalue weighted by atomic mass is 19.3. The van der Waals surface area contributed by atoms with Crippen molar-refractivity contribution in [2.45, 2.75) is 220 Å². The average Bonchev–Trinajstić information content (AvgIpc) is 1.74. The Bertz CT molecular complexity index is 5320. The van der Waals surface area contributed by atoms with E-state index in [9.17, 15) is 83.0 Å². The van der Waals surface area contributed by atoms with E-state index in [0.717, 1.165) is 9.36 Å². The third kappa shape index (κ3) is 20.9. The number of benzene rings is 3. The molecule has 658 valence electrons. The molecule has 6 aromatic heterocycles. The van der Waals surface area contributed by atoms with Crippen LogP contribution in [-0.4, -0.2) is 214 Å². The number of carbonyl (C=O) groups excluding carboxylic acids is 7. The second-order valence-corrected chi connectivity index (χ2v) is 33.5. The number of alkyl halides is 9. The van der Waals surface area contributed by atoms with Gasteiger partial charge in [-0.05, 0) is 170 Å². The number of hydrogen-bond acceptors (Lipinski definition) is 20. The van der Waals surface area contributed by atoms with E-state index < -0.39 is 149 Å². The number of methoxy groups -OCH3 is 3. The summed E-state index contributed by atoms with van der Waals surface area (Å²) in [7, 11) is 4.51. The number of likely N-dealkylation sites (tertiary alicyclic amines) is 2. The maximum absolute atomic E-state index is 14.8. The number of aliphatic carboxylic acids is 1. The number of aromatic amines is 1. The molecule has 29 nitrogen and oxygen atoms in total. The van der Waals surface area contributed by atoms with Crippen LogP contribution >= 0.6 is 0 Å². The van der Waals surface area contributed by atoms with Gasteiger partial charge in [-0.15, -0.1) is 0 Å². The van der Waals surface area contributed by atoms with E-state index in [4.69, 9.17) is 23.7 Å². The van der Waals surface area contributed by atoms with Crippen LogP contribution in [0.25, 0.3) is 33.1 Å². The third-order valence-electron chi connectivity index (χ3n) is 22.7. The van der Waals surface area contributed by atoms with Crippen molar-refractivity contribution in [3.8, 4) is 17.2 Å². The van der Waals surface area contributed by atoms with E-state index in [1.165, 1.54) is 61.9 Å². The minimum Gasteiger partial charge on any atom is -0.497 e. The van der Waals surface area contributed by atoms with Gasteiger partial charge in [0.2, 0.25) is 47.3 Å². The zero-order valence-corrected chi connectivity index (χ0v) is 68.9. The maximum atomic E-state index is 14.8. The van der Waals surface area contributed by atoms with Crippen molar-refractivity contribution in [3.05, 3.63) is 144 Å². The summed E-state index contributed by atoms with van der Waals surface area (Å²) in [5, 5.41) is 34.9. The van der Waals surface area contributed by atoms with Crippen molar-refractivity contribution in [1.29, 1.82) is 0 Å². The van der Waals surface area contributed by atoms with Gasteiger partial charge in [0.1, 0.15) is 93.1 Å². The van der Waals surface area contributed by atoms with Gasteiger partial charge in [-0.2, -0.15) is 24.7 Å². The summed E-state index contributed by atoms with van der Waals surface area (Å²) in [5.74, 6) is -9.85. The van der Waals surface area contributed by atoms with E-state index in [-0.39, 0.29) is 108 Å².